The second-order valence-corrected chi connectivity index (χ2v) is 3.87. The van der Waals surface area contributed by atoms with Crippen LogP contribution in [0.2, 0.25) is 0 Å². The fourth-order valence-corrected chi connectivity index (χ4v) is 1.78. The maximum absolute atomic E-state index is 10.8. The zero-order valence-electron chi connectivity index (χ0n) is 10.7. The summed E-state index contributed by atoms with van der Waals surface area (Å²) >= 11 is 0. The third kappa shape index (κ3) is 2.85. The highest BCUT2D eigenvalue weighted by molar-refractivity contribution is 5.69. The Hall–Kier alpha value is -2.50. The van der Waals surface area contributed by atoms with Crippen molar-refractivity contribution in [2.75, 3.05) is 14.2 Å². The third-order valence-corrected chi connectivity index (χ3v) is 2.63. The number of hydrogen-bond acceptors (Lipinski definition) is 4. The van der Waals surface area contributed by atoms with Gasteiger partial charge >= 0.3 is 5.97 Å². The van der Waals surface area contributed by atoms with E-state index in [1.54, 1.807) is 49.4 Å². The van der Waals surface area contributed by atoms with Gasteiger partial charge in [-0.2, -0.15) is 0 Å². The number of carbonyl (C=O) groups is 1. The van der Waals surface area contributed by atoms with Gasteiger partial charge in [0.2, 0.25) is 0 Å². The number of hydrogen-bond donors (Lipinski definition) is 1. The number of methoxy groups -OCH3 is 2. The van der Waals surface area contributed by atoms with Crippen LogP contribution in [0.15, 0.2) is 30.6 Å². The van der Waals surface area contributed by atoms with Crippen molar-refractivity contribution in [2.24, 2.45) is 0 Å². The highest BCUT2D eigenvalue weighted by atomic mass is 16.5. The van der Waals surface area contributed by atoms with Gasteiger partial charge < -0.3 is 19.1 Å². The SMILES string of the molecule is COc1cc(OC)cc(-c2nccn2CC(=O)O)c1. The van der Waals surface area contributed by atoms with Gasteiger partial charge in [-0.15, -0.1) is 0 Å². The quantitative estimate of drug-likeness (QED) is 0.886. The molecular weight excluding hydrogens is 248 g/mol. The Labute approximate surface area is 110 Å². The molecule has 2 rings (SSSR count). The second kappa shape index (κ2) is 5.43. The van der Waals surface area contributed by atoms with E-state index >= 15 is 0 Å². The molecule has 100 valence electrons. The highest BCUT2D eigenvalue weighted by Gasteiger charge is 2.11. The molecule has 0 fully saturated rings. The Morgan fingerprint density at radius 3 is 2.42 bits per heavy atom. The van der Waals surface area contributed by atoms with E-state index in [-0.39, 0.29) is 6.54 Å². The lowest BCUT2D eigenvalue weighted by Crippen LogP contribution is -2.09. The van der Waals surface area contributed by atoms with Crippen LogP contribution in [0.5, 0.6) is 11.5 Å². The molecule has 0 radical (unpaired) electrons. The topological polar surface area (TPSA) is 73.6 Å². The summed E-state index contributed by atoms with van der Waals surface area (Å²) in [5.41, 5.74) is 0.738. The van der Waals surface area contributed by atoms with Crippen LogP contribution in [0.4, 0.5) is 0 Å². The molecule has 1 aromatic carbocycles. The molecule has 19 heavy (non-hydrogen) atoms. The Balaban J connectivity index is 2.46. The minimum Gasteiger partial charge on any atom is -0.497 e. The molecule has 1 aromatic heterocycles. The van der Waals surface area contributed by atoms with E-state index in [1.165, 1.54) is 0 Å². The van der Waals surface area contributed by atoms with Gasteiger partial charge in [0.05, 0.1) is 14.2 Å². The van der Waals surface area contributed by atoms with Crippen LogP contribution >= 0.6 is 0 Å². The number of carboxylic acids is 1. The van der Waals surface area contributed by atoms with Gasteiger partial charge in [0.25, 0.3) is 0 Å². The Morgan fingerprint density at radius 2 is 1.89 bits per heavy atom. The predicted octanol–water partition coefficient (Wildman–Crippen LogP) is 1.65. The number of aliphatic carboxylic acids is 1. The number of carboxylic acid groups (broad SMARTS) is 1. The average Bonchev–Trinajstić information content (AvgIpc) is 2.85. The first-order valence-electron chi connectivity index (χ1n) is 5.60. The Kier molecular flexibility index (Phi) is 3.70. The molecule has 0 amide bonds. The van der Waals surface area contributed by atoms with Crippen molar-refractivity contribution < 1.29 is 19.4 Å². The molecule has 0 unspecified atom stereocenters. The van der Waals surface area contributed by atoms with Gasteiger partial charge in [-0.25, -0.2) is 4.98 Å². The average molecular weight is 262 g/mol. The van der Waals surface area contributed by atoms with E-state index < -0.39 is 5.97 Å². The first-order valence-corrected chi connectivity index (χ1v) is 5.60. The van der Waals surface area contributed by atoms with Crippen molar-refractivity contribution >= 4 is 5.97 Å². The van der Waals surface area contributed by atoms with Crippen LogP contribution in [-0.4, -0.2) is 34.8 Å². The number of ether oxygens (including phenoxy) is 2. The van der Waals surface area contributed by atoms with Gasteiger partial charge in [-0.3, -0.25) is 4.79 Å². The Bertz CT molecular complexity index is 570. The molecule has 2 aromatic rings. The summed E-state index contributed by atoms with van der Waals surface area (Å²) in [6, 6.07) is 5.31. The molecule has 0 atom stereocenters. The molecule has 0 aliphatic rings. The van der Waals surface area contributed by atoms with Gasteiger partial charge in [-0.05, 0) is 12.1 Å². The summed E-state index contributed by atoms with van der Waals surface area (Å²) in [6.45, 7) is -0.144. The molecule has 6 heteroatoms. The fraction of sp³-hybridized carbons (Fsp3) is 0.231. The number of benzene rings is 1. The van der Waals surface area contributed by atoms with Crippen molar-refractivity contribution in [3.63, 3.8) is 0 Å². The molecule has 0 saturated heterocycles. The summed E-state index contributed by atoms with van der Waals surface area (Å²) in [5, 5.41) is 8.86. The van der Waals surface area contributed by atoms with Gasteiger partial charge in [0.1, 0.15) is 23.9 Å². The van der Waals surface area contributed by atoms with Crippen LogP contribution in [0.25, 0.3) is 11.4 Å². The van der Waals surface area contributed by atoms with E-state index in [9.17, 15) is 4.79 Å². The summed E-state index contributed by atoms with van der Waals surface area (Å²) in [4.78, 5) is 15.0. The molecule has 6 nitrogen and oxygen atoms in total. The van der Waals surface area contributed by atoms with Gasteiger partial charge in [-0.1, -0.05) is 0 Å². The highest BCUT2D eigenvalue weighted by Crippen LogP contribution is 2.28. The lowest BCUT2D eigenvalue weighted by molar-refractivity contribution is -0.137. The van der Waals surface area contributed by atoms with Crippen molar-refractivity contribution in [3.8, 4) is 22.9 Å². The molecule has 0 aliphatic heterocycles. The molecular formula is C13H14N2O4. The van der Waals surface area contributed by atoms with Crippen molar-refractivity contribution in [3.05, 3.63) is 30.6 Å². The summed E-state index contributed by atoms with van der Waals surface area (Å²) in [7, 11) is 3.12. The fourth-order valence-electron chi connectivity index (χ4n) is 1.78. The second-order valence-electron chi connectivity index (χ2n) is 3.87. The largest absolute Gasteiger partial charge is 0.497 e. The van der Waals surface area contributed by atoms with Crippen LogP contribution in [0, 0.1) is 0 Å². The van der Waals surface area contributed by atoms with Crippen LogP contribution in [0.3, 0.4) is 0 Å². The van der Waals surface area contributed by atoms with Crippen LogP contribution < -0.4 is 9.47 Å². The van der Waals surface area contributed by atoms with Gasteiger partial charge in [0, 0.05) is 24.0 Å². The molecule has 1 N–H and O–H groups in total. The zero-order chi connectivity index (χ0) is 13.8. The standard InChI is InChI=1S/C13H14N2O4/c1-18-10-5-9(6-11(7-10)19-2)13-14-3-4-15(13)8-12(16)17/h3-7H,8H2,1-2H3,(H,16,17). The summed E-state index contributed by atoms with van der Waals surface area (Å²) in [5.74, 6) is 0.882. The molecule has 0 spiro atoms. The smallest absolute Gasteiger partial charge is 0.323 e. The van der Waals surface area contributed by atoms with E-state index in [0.29, 0.717) is 17.3 Å². The summed E-state index contributed by atoms with van der Waals surface area (Å²) in [6.07, 6.45) is 3.18. The normalized spacial score (nSPS) is 10.2. The van der Waals surface area contributed by atoms with Gasteiger partial charge in [0.15, 0.2) is 0 Å². The Morgan fingerprint density at radius 1 is 1.26 bits per heavy atom. The number of nitrogens with zero attached hydrogens (tertiary/aromatic N) is 2. The van der Waals surface area contributed by atoms with Crippen molar-refractivity contribution in [1.29, 1.82) is 0 Å². The molecule has 0 saturated carbocycles. The van der Waals surface area contributed by atoms with Crippen molar-refractivity contribution in [2.45, 2.75) is 6.54 Å². The van der Waals surface area contributed by atoms with E-state index in [4.69, 9.17) is 14.6 Å². The number of imidazole rings is 1. The number of rotatable bonds is 5. The minimum atomic E-state index is -0.922. The first kappa shape index (κ1) is 12.9. The maximum atomic E-state index is 10.8. The van der Waals surface area contributed by atoms with Crippen LogP contribution in [0.1, 0.15) is 0 Å². The number of aromatic nitrogens is 2. The first-order chi connectivity index (χ1) is 9.13. The molecule has 1 heterocycles. The monoisotopic (exact) mass is 262 g/mol. The zero-order valence-corrected chi connectivity index (χ0v) is 10.7. The van der Waals surface area contributed by atoms with E-state index in [2.05, 4.69) is 4.98 Å². The van der Waals surface area contributed by atoms with E-state index in [0.717, 1.165) is 5.56 Å². The van der Waals surface area contributed by atoms with Crippen LogP contribution in [-0.2, 0) is 11.3 Å². The van der Waals surface area contributed by atoms with E-state index in [1.807, 2.05) is 0 Å². The molecule has 0 bridgehead atoms. The third-order valence-electron chi connectivity index (χ3n) is 2.63. The van der Waals surface area contributed by atoms with Crippen molar-refractivity contribution in [1.82, 2.24) is 9.55 Å². The lowest BCUT2D eigenvalue weighted by Gasteiger charge is -2.09. The summed E-state index contributed by atoms with van der Waals surface area (Å²) < 4.78 is 11.9. The lowest BCUT2D eigenvalue weighted by atomic mass is 10.2. The minimum absolute atomic E-state index is 0.144. The molecule has 0 aliphatic carbocycles. The predicted molar refractivity (Wildman–Crippen MR) is 68.4 cm³/mol. The maximum Gasteiger partial charge on any atom is 0.323 e.